The summed E-state index contributed by atoms with van der Waals surface area (Å²) >= 11 is 13.6. The van der Waals surface area contributed by atoms with Crippen molar-refractivity contribution in [3.63, 3.8) is 0 Å². The Morgan fingerprint density at radius 1 is 0.778 bits per heavy atom. The molecule has 0 aliphatic heterocycles. The largest absolute Gasteiger partial charge is 0.270 e. The van der Waals surface area contributed by atoms with E-state index in [9.17, 15) is 0 Å². The molecule has 4 nitrogen and oxygen atoms in total. The molecule has 7 heteroatoms. The van der Waals surface area contributed by atoms with Crippen molar-refractivity contribution in [1.29, 1.82) is 0 Å². The van der Waals surface area contributed by atoms with E-state index < -0.39 is 0 Å². The molecule has 4 aromatic rings. The fourth-order valence-corrected chi connectivity index (χ4v) is 3.76. The van der Waals surface area contributed by atoms with E-state index >= 15 is 0 Å². The molecule has 2 aromatic carbocycles. The van der Waals surface area contributed by atoms with Crippen molar-refractivity contribution < 1.29 is 0 Å². The van der Waals surface area contributed by atoms with Crippen LogP contribution in [0.1, 0.15) is 5.56 Å². The zero-order valence-corrected chi connectivity index (χ0v) is 16.4. The number of rotatable bonds is 5. The lowest BCUT2D eigenvalue weighted by atomic mass is 10.2. The molecule has 0 fully saturated rings. The third kappa shape index (κ3) is 4.16. The van der Waals surface area contributed by atoms with Gasteiger partial charge in [-0.3, -0.25) is 9.55 Å². The van der Waals surface area contributed by atoms with Crippen LogP contribution >= 0.6 is 35.0 Å². The highest BCUT2D eigenvalue weighted by atomic mass is 35.5. The first-order valence-corrected chi connectivity index (χ1v) is 9.94. The first-order valence-electron chi connectivity index (χ1n) is 8.20. The molecule has 0 saturated carbocycles. The summed E-state index contributed by atoms with van der Waals surface area (Å²) < 4.78 is 2.03. The zero-order chi connectivity index (χ0) is 18.6. The highest BCUT2D eigenvalue weighted by Crippen LogP contribution is 2.30. The van der Waals surface area contributed by atoms with Crippen LogP contribution in [0.3, 0.4) is 0 Å². The highest BCUT2D eigenvalue weighted by molar-refractivity contribution is 7.98. The van der Waals surface area contributed by atoms with E-state index in [1.54, 1.807) is 24.2 Å². The Kier molecular flexibility index (Phi) is 5.43. The van der Waals surface area contributed by atoms with Gasteiger partial charge in [-0.2, -0.15) is 0 Å². The lowest BCUT2D eigenvalue weighted by molar-refractivity contribution is 0.886. The van der Waals surface area contributed by atoms with Gasteiger partial charge >= 0.3 is 0 Å². The Bertz CT molecular complexity index is 1030. The molecule has 27 heavy (non-hydrogen) atoms. The second-order valence-corrected chi connectivity index (χ2v) is 7.58. The molecule has 2 heterocycles. The summed E-state index contributed by atoms with van der Waals surface area (Å²) in [7, 11) is 0. The molecule has 0 aliphatic carbocycles. The topological polar surface area (TPSA) is 43.6 Å². The molecule has 0 radical (unpaired) electrons. The molecule has 0 amide bonds. The molecule has 0 saturated heterocycles. The summed E-state index contributed by atoms with van der Waals surface area (Å²) in [5.41, 5.74) is 3.07. The van der Waals surface area contributed by atoms with E-state index in [-0.39, 0.29) is 0 Å². The second-order valence-electron chi connectivity index (χ2n) is 5.77. The first-order chi connectivity index (χ1) is 13.2. The van der Waals surface area contributed by atoms with Crippen LogP contribution in [0.2, 0.25) is 10.0 Å². The van der Waals surface area contributed by atoms with Crippen molar-refractivity contribution in [2.24, 2.45) is 0 Å². The fraction of sp³-hybridized carbons (Fsp3) is 0.0500. The van der Waals surface area contributed by atoms with Gasteiger partial charge in [-0.15, -0.1) is 10.2 Å². The van der Waals surface area contributed by atoms with Crippen LogP contribution in [0, 0.1) is 0 Å². The number of pyridine rings is 1. The summed E-state index contributed by atoms with van der Waals surface area (Å²) in [6.45, 7) is 0. The maximum atomic E-state index is 6.06. The molecular formula is C20H14Cl2N4S. The van der Waals surface area contributed by atoms with Gasteiger partial charge in [0, 0.05) is 39.4 Å². The number of hydrogen-bond acceptors (Lipinski definition) is 4. The second kappa shape index (κ2) is 8.13. The Balaban J connectivity index is 1.71. The Morgan fingerprint density at radius 2 is 1.41 bits per heavy atom. The van der Waals surface area contributed by atoms with Gasteiger partial charge in [0.2, 0.25) is 0 Å². The molecule has 0 atom stereocenters. The monoisotopic (exact) mass is 412 g/mol. The summed E-state index contributed by atoms with van der Waals surface area (Å²) in [5.74, 6) is 1.53. The number of benzene rings is 2. The van der Waals surface area contributed by atoms with E-state index in [2.05, 4.69) is 15.2 Å². The number of nitrogens with zero attached hydrogens (tertiary/aromatic N) is 4. The molecule has 0 spiro atoms. The SMILES string of the molecule is Clc1ccc(CSc2nnc(-c3ccncc3)n2-c2ccc(Cl)cc2)cc1. The standard InChI is InChI=1S/C20H14Cl2N4S/c21-16-3-1-14(2-4-16)13-27-20-25-24-19(15-9-11-23-12-10-15)26(20)18-7-5-17(22)6-8-18/h1-12H,13H2. The minimum Gasteiger partial charge on any atom is -0.270 e. The van der Waals surface area contributed by atoms with Crippen molar-refractivity contribution in [3.05, 3.63) is 88.7 Å². The van der Waals surface area contributed by atoms with Crippen LogP contribution in [0.5, 0.6) is 0 Å². The molecule has 0 unspecified atom stereocenters. The smallest absolute Gasteiger partial charge is 0.196 e. The van der Waals surface area contributed by atoms with E-state index in [1.807, 2.05) is 65.2 Å². The van der Waals surface area contributed by atoms with Crippen molar-refractivity contribution >= 4 is 35.0 Å². The summed E-state index contributed by atoms with van der Waals surface area (Å²) in [6, 6.07) is 19.3. The predicted octanol–water partition coefficient (Wildman–Crippen LogP) is 5.93. The molecule has 0 bridgehead atoms. The van der Waals surface area contributed by atoms with Crippen molar-refractivity contribution in [3.8, 4) is 17.1 Å². The molecular weight excluding hydrogens is 399 g/mol. The highest BCUT2D eigenvalue weighted by Gasteiger charge is 2.16. The van der Waals surface area contributed by atoms with Crippen molar-refractivity contribution in [2.45, 2.75) is 10.9 Å². The van der Waals surface area contributed by atoms with Gasteiger partial charge in [0.05, 0.1) is 0 Å². The molecule has 134 valence electrons. The lowest BCUT2D eigenvalue weighted by Gasteiger charge is -2.10. The van der Waals surface area contributed by atoms with Crippen LogP contribution in [0.15, 0.2) is 78.2 Å². The summed E-state index contributed by atoms with van der Waals surface area (Å²) in [4.78, 5) is 4.08. The maximum absolute atomic E-state index is 6.06. The quantitative estimate of drug-likeness (QED) is 0.381. The third-order valence-electron chi connectivity index (χ3n) is 3.94. The normalized spacial score (nSPS) is 10.9. The van der Waals surface area contributed by atoms with Crippen LogP contribution in [-0.2, 0) is 5.75 Å². The minimum absolute atomic E-state index is 0.688. The van der Waals surface area contributed by atoms with E-state index in [1.165, 1.54) is 5.56 Å². The van der Waals surface area contributed by atoms with Crippen LogP contribution in [-0.4, -0.2) is 19.7 Å². The van der Waals surface area contributed by atoms with E-state index in [4.69, 9.17) is 23.2 Å². The molecule has 2 aromatic heterocycles. The molecule has 4 rings (SSSR count). The van der Waals surface area contributed by atoms with Crippen LogP contribution in [0.25, 0.3) is 17.1 Å². The predicted molar refractivity (Wildman–Crippen MR) is 111 cm³/mol. The number of thioether (sulfide) groups is 1. The zero-order valence-electron chi connectivity index (χ0n) is 14.1. The van der Waals surface area contributed by atoms with Crippen molar-refractivity contribution in [1.82, 2.24) is 19.7 Å². The Hall–Kier alpha value is -2.34. The van der Waals surface area contributed by atoms with Crippen LogP contribution < -0.4 is 0 Å². The minimum atomic E-state index is 0.688. The number of halogens is 2. The maximum Gasteiger partial charge on any atom is 0.196 e. The van der Waals surface area contributed by atoms with Gasteiger partial charge in [-0.05, 0) is 54.1 Å². The lowest BCUT2D eigenvalue weighted by Crippen LogP contribution is -1.99. The summed E-state index contributed by atoms with van der Waals surface area (Å²) in [6.07, 6.45) is 3.49. The van der Waals surface area contributed by atoms with Gasteiger partial charge < -0.3 is 0 Å². The third-order valence-corrected chi connectivity index (χ3v) is 5.44. The molecule has 0 N–H and O–H groups in total. The van der Waals surface area contributed by atoms with Gasteiger partial charge in [-0.25, -0.2) is 0 Å². The van der Waals surface area contributed by atoms with Gasteiger partial charge in [0.15, 0.2) is 11.0 Å². The van der Waals surface area contributed by atoms with Gasteiger partial charge in [0.25, 0.3) is 0 Å². The van der Waals surface area contributed by atoms with Crippen LogP contribution in [0.4, 0.5) is 0 Å². The fourth-order valence-electron chi connectivity index (χ4n) is 2.60. The van der Waals surface area contributed by atoms with Gasteiger partial charge in [-0.1, -0.05) is 47.1 Å². The van der Waals surface area contributed by atoms with E-state index in [0.717, 1.165) is 33.0 Å². The molecule has 0 aliphatic rings. The van der Waals surface area contributed by atoms with E-state index in [0.29, 0.717) is 5.02 Å². The summed E-state index contributed by atoms with van der Waals surface area (Å²) in [5, 5.41) is 11.1. The Morgan fingerprint density at radius 3 is 2.07 bits per heavy atom. The number of hydrogen-bond donors (Lipinski definition) is 0. The average molecular weight is 413 g/mol. The Labute approximate surface area is 171 Å². The average Bonchev–Trinajstić information content (AvgIpc) is 3.13. The number of aromatic nitrogens is 4. The van der Waals surface area contributed by atoms with Gasteiger partial charge in [0.1, 0.15) is 0 Å². The first kappa shape index (κ1) is 18.0. The van der Waals surface area contributed by atoms with Crippen molar-refractivity contribution in [2.75, 3.05) is 0 Å².